The number of rotatable bonds is 5. The monoisotopic (exact) mass is 435 g/mol. The molecule has 1 heterocycles. The van der Waals surface area contributed by atoms with Crippen molar-refractivity contribution >= 4 is 47.1 Å². The highest BCUT2D eigenvalue weighted by atomic mass is 35.5. The third-order valence-electron chi connectivity index (χ3n) is 3.81. The topological polar surface area (TPSA) is 83.4 Å². The van der Waals surface area contributed by atoms with Crippen LogP contribution in [0.3, 0.4) is 0 Å². The molecular formula is C20H15Cl2NO6. The Morgan fingerprint density at radius 2 is 1.76 bits per heavy atom. The van der Waals surface area contributed by atoms with Crippen molar-refractivity contribution < 1.29 is 28.5 Å². The summed E-state index contributed by atoms with van der Waals surface area (Å²) in [6, 6.07) is 7.90. The molecule has 3 rings (SSSR count). The molecule has 2 aromatic carbocycles. The molecule has 1 aliphatic rings. The summed E-state index contributed by atoms with van der Waals surface area (Å²) in [5.41, 5.74) is 1.01. The number of nitrogens with zero attached hydrogens (tertiary/aromatic N) is 1. The molecule has 0 saturated heterocycles. The van der Waals surface area contributed by atoms with Crippen molar-refractivity contribution in [1.82, 2.24) is 0 Å². The first-order chi connectivity index (χ1) is 13.8. The van der Waals surface area contributed by atoms with Gasteiger partial charge < -0.3 is 18.9 Å². The van der Waals surface area contributed by atoms with Gasteiger partial charge in [0, 0.05) is 11.9 Å². The maximum atomic E-state index is 12.3. The molecule has 0 fully saturated rings. The van der Waals surface area contributed by atoms with Gasteiger partial charge in [-0.2, -0.15) is 0 Å². The molecule has 0 atom stereocenters. The van der Waals surface area contributed by atoms with Gasteiger partial charge in [0.15, 0.2) is 17.2 Å². The number of halogens is 2. The van der Waals surface area contributed by atoms with Gasteiger partial charge in [-0.25, -0.2) is 9.79 Å². The Balaban J connectivity index is 2.01. The van der Waals surface area contributed by atoms with E-state index in [1.165, 1.54) is 33.3 Å². The van der Waals surface area contributed by atoms with Gasteiger partial charge in [-0.3, -0.25) is 4.79 Å². The van der Waals surface area contributed by atoms with Gasteiger partial charge in [0.2, 0.25) is 11.6 Å². The Hall–Kier alpha value is -3.03. The molecule has 0 bridgehead atoms. The standard InChI is InChI=1S/C20H15Cl2NO6/c1-10(24)28-18-16(26-2)7-11(8-17(18)27-3)6-15-20(25)29-19(23-15)13-5-4-12(21)9-14(13)22/h4-9H,1-3H3/b15-6+. The minimum atomic E-state index is -0.645. The van der Waals surface area contributed by atoms with Crippen molar-refractivity contribution in [3.8, 4) is 17.2 Å². The zero-order valence-electron chi connectivity index (χ0n) is 15.6. The van der Waals surface area contributed by atoms with Crippen LogP contribution in [0.4, 0.5) is 0 Å². The van der Waals surface area contributed by atoms with Crippen molar-refractivity contribution in [3.63, 3.8) is 0 Å². The van der Waals surface area contributed by atoms with E-state index in [1.807, 2.05) is 0 Å². The summed E-state index contributed by atoms with van der Waals surface area (Å²) in [7, 11) is 2.84. The minimum absolute atomic E-state index is 0.0513. The molecule has 2 aromatic rings. The average molecular weight is 436 g/mol. The number of hydrogen-bond donors (Lipinski definition) is 0. The van der Waals surface area contributed by atoms with Crippen LogP contribution < -0.4 is 14.2 Å². The summed E-state index contributed by atoms with van der Waals surface area (Å²) in [5, 5.41) is 0.755. The van der Waals surface area contributed by atoms with Crippen LogP contribution in [-0.2, 0) is 14.3 Å². The van der Waals surface area contributed by atoms with E-state index in [-0.39, 0.29) is 28.8 Å². The molecule has 150 valence electrons. The van der Waals surface area contributed by atoms with E-state index in [4.69, 9.17) is 42.1 Å². The summed E-state index contributed by atoms with van der Waals surface area (Å²) >= 11 is 12.0. The maximum Gasteiger partial charge on any atom is 0.363 e. The van der Waals surface area contributed by atoms with E-state index < -0.39 is 11.9 Å². The van der Waals surface area contributed by atoms with Crippen LogP contribution >= 0.6 is 23.2 Å². The first-order valence-corrected chi connectivity index (χ1v) is 9.00. The summed E-state index contributed by atoms with van der Waals surface area (Å²) in [6.07, 6.45) is 1.49. The molecule has 7 nitrogen and oxygen atoms in total. The summed E-state index contributed by atoms with van der Waals surface area (Å²) in [6.45, 7) is 1.27. The molecule has 29 heavy (non-hydrogen) atoms. The highest BCUT2D eigenvalue weighted by molar-refractivity contribution is 6.37. The van der Waals surface area contributed by atoms with E-state index in [0.29, 0.717) is 21.2 Å². The lowest BCUT2D eigenvalue weighted by atomic mass is 10.1. The molecule has 0 radical (unpaired) electrons. The van der Waals surface area contributed by atoms with E-state index in [0.717, 1.165) is 0 Å². The molecule has 0 aromatic heterocycles. The van der Waals surface area contributed by atoms with Crippen molar-refractivity contribution in [2.24, 2.45) is 4.99 Å². The highest BCUT2D eigenvalue weighted by Crippen LogP contribution is 2.39. The number of methoxy groups -OCH3 is 2. The quantitative estimate of drug-likeness (QED) is 0.395. The van der Waals surface area contributed by atoms with Crippen LogP contribution in [-0.4, -0.2) is 32.1 Å². The number of cyclic esters (lactones) is 1. The molecule has 0 amide bonds. The molecule has 0 unspecified atom stereocenters. The van der Waals surface area contributed by atoms with E-state index in [2.05, 4.69) is 4.99 Å². The van der Waals surface area contributed by atoms with Crippen LogP contribution in [0.15, 0.2) is 41.0 Å². The Kier molecular flexibility index (Phi) is 6.10. The third kappa shape index (κ3) is 4.52. The number of benzene rings is 2. The lowest BCUT2D eigenvalue weighted by Crippen LogP contribution is -2.06. The van der Waals surface area contributed by atoms with E-state index in [9.17, 15) is 9.59 Å². The van der Waals surface area contributed by atoms with Crippen molar-refractivity contribution in [2.45, 2.75) is 6.92 Å². The summed E-state index contributed by atoms with van der Waals surface area (Å²) in [4.78, 5) is 27.8. The van der Waals surface area contributed by atoms with Gasteiger partial charge in [0.25, 0.3) is 0 Å². The van der Waals surface area contributed by atoms with Gasteiger partial charge in [-0.05, 0) is 42.0 Å². The summed E-state index contributed by atoms with van der Waals surface area (Å²) in [5.74, 6) is -0.464. The smallest absolute Gasteiger partial charge is 0.363 e. The van der Waals surface area contributed by atoms with Crippen molar-refractivity contribution in [3.05, 3.63) is 57.2 Å². The largest absolute Gasteiger partial charge is 0.493 e. The molecule has 0 spiro atoms. The Morgan fingerprint density at radius 3 is 2.31 bits per heavy atom. The van der Waals surface area contributed by atoms with Crippen LogP contribution in [0.1, 0.15) is 18.1 Å². The van der Waals surface area contributed by atoms with Crippen LogP contribution in [0.2, 0.25) is 10.0 Å². The Labute approximate surface area is 176 Å². The predicted molar refractivity (Wildman–Crippen MR) is 108 cm³/mol. The fourth-order valence-corrected chi connectivity index (χ4v) is 3.06. The van der Waals surface area contributed by atoms with Crippen molar-refractivity contribution in [1.29, 1.82) is 0 Å². The molecule has 0 aliphatic carbocycles. The SMILES string of the molecule is COc1cc(/C=C2/N=C(c3ccc(Cl)cc3Cl)OC2=O)cc(OC)c1OC(C)=O. The molecule has 0 N–H and O–H groups in total. The Bertz CT molecular complexity index is 1040. The lowest BCUT2D eigenvalue weighted by Gasteiger charge is -2.13. The zero-order valence-corrected chi connectivity index (χ0v) is 17.1. The first-order valence-electron chi connectivity index (χ1n) is 8.24. The van der Waals surface area contributed by atoms with E-state index in [1.54, 1.807) is 24.3 Å². The van der Waals surface area contributed by atoms with Gasteiger partial charge in [0.05, 0.1) is 24.8 Å². The predicted octanol–water partition coefficient (Wildman–Crippen LogP) is 4.28. The van der Waals surface area contributed by atoms with Crippen LogP contribution in [0.5, 0.6) is 17.2 Å². The average Bonchev–Trinajstić information content (AvgIpc) is 3.02. The number of hydrogen-bond acceptors (Lipinski definition) is 7. The minimum Gasteiger partial charge on any atom is -0.493 e. The van der Waals surface area contributed by atoms with Crippen molar-refractivity contribution in [2.75, 3.05) is 14.2 Å². The number of esters is 2. The van der Waals surface area contributed by atoms with E-state index >= 15 is 0 Å². The molecule has 0 saturated carbocycles. The van der Waals surface area contributed by atoms with Gasteiger partial charge in [-0.15, -0.1) is 0 Å². The number of carbonyl (C=O) groups is 2. The highest BCUT2D eigenvalue weighted by Gasteiger charge is 2.26. The number of aliphatic imine (C=N–C) groups is 1. The molecular weight excluding hydrogens is 421 g/mol. The summed E-state index contributed by atoms with van der Waals surface area (Å²) < 4.78 is 20.9. The van der Waals surface area contributed by atoms with Gasteiger partial charge in [-0.1, -0.05) is 23.2 Å². The third-order valence-corrected chi connectivity index (χ3v) is 4.36. The fourth-order valence-electron chi connectivity index (χ4n) is 2.57. The molecule has 1 aliphatic heterocycles. The normalized spacial score (nSPS) is 14.4. The molecule has 9 heteroatoms. The second kappa shape index (κ2) is 8.55. The van der Waals surface area contributed by atoms with Gasteiger partial charge >= 0.3 is 11.9 Å². The second-order valence-electron chi connectivity index (χ2n) is 5.81. The number of ether oxygens (including phenoxy) is 4. The second-order valence-corrected chi connectivity index (χ2v) is 6.65. The Morgan fingerprint density at radius 1 is 1.10 bits per heavy atom. The fraction of sp³-hybridized carbons (Fsp3) is 0.150. The zero-order chi connectivity index (χ0) is 21.1. The van der Waals surface area contributed by atoms with Crippen LogP contribution in [0, 0.1) is 0 Å². The number of carbonyl (C=O) groups excluding carboxylic acids is 2. The maximum absolute atomic E-state index is 12.3. The van der Waals surface area contributed by atoms with Gasteiger partial charge in [0.1, 0.15) is 0 Å². The first kappa shape index (κ1) is 20.7. The lowest BCUT2D eigenvalue weighted by molar-refractivity contribution is -0.132. The van der Waals surface area contributed by atoms with Crippen LogP contribution in [0.25, 0.3) is 6.08 Å².